The zero-order valence-electron chi connectivity index (χ0n) is 19.0. The highest BCUT2D eigenvalue weighted by molar-refractivity contribution is 6.22. The first-order valence-corrected chi connectivity index (χ1v) is 11.0. The summed E-state index contributed by atoms with van der Waals surface area (Å²) in [6.45, 7) is 5.85. The third kappa shape index (κ3) is 4.33. The minimum Gasteiger partial charge on any atom is -0.497 e. The van der Waals surface area contributed by atoms with Crippen LogP contribution in [0.5, 0.6) is 5.75 Å². The molecule has 8 nitrogen and oxygen atoms in total. The van der Waals surface area contributed by atoms with E-state index in [-0.39, 0.29) is 35.1 Å². The number of nitrogens with zero attached hydrogens (tertiary/aromatic N) is 3. The molecule has 0 radical (unpaired) electrons. The third-order valence-electron chi connectivity index (χ3n) is 5.96. The summed E-state index contributed by atoms with van der Waals surface area (Å²) in [5.41, 5.74) is 1.56. The van der Waals surface area contributed by atoms with Crippen LogP contribution in [0, 0.1) is 5.92 Å². The molecule has 4 rings (SSSR count). The SMILES string of the molecule is COc1ccc(C(=O)N2CCN(C(=O)c3ccc4c(c3)C(=O)N(CC(C)C)C4=O)CC2)cc1. The molecule has 1 fully saturated rings. The monoisotopic (exact) mass is 449 g/mol. The van der Waals surface area contributed by atoms with Crippen molar-refractivity contribution < 1.29 is 23.9 Å². The summed E-state index contributed by atoms with van der Waals surface area (Å²) in [5.74, 6) is -0.121. The normalized spacial score (nSPS) is 15.8. The Hall–Kier alpha value is -3.68. The highest BCUT2D eigenvalue weighted by Crippen LogP contribution is 2.25. The van der Waals surface area contributed by atoms with Crippen molar-refractivity contribution in [2.75, 3.05) is 39.8 Å². The minimum absolute atomic E-state index is 0.0864. The molecule has 0 aromatic heterocycles. The van der Waals surface area contributed by atoms with Crippen LogP contribution in [0.25, 0.3) is 0 Å². The van der Waals surface area contributed by atoms with E-state index in [0.717, 1.165) is 0 Å². The van der Waals surface area contributed by atoms with E-state index in [9.17, 15) is 19.2 Å². The van der Waals surface area contributed by atoms with Crippen molar-refractivity contribution in [3.05, 3.63) is 64.7 Å². The lowest BCUT2D eigenvalue weighted by atomic mass is 10.0. The fourth-order valence-electron chi connectivity index (χ4n) is 4.17. The predicted octanol–water partition coefficient (Wildman–Crippen LogP) is 2.55. The average Bonchev–Trinajstić information content (AvgIpc) is 3.07. The van der Waals surface area contributed by atoms with Gasteiger partial charge in [0.1, 0.15) is 5.75 Å². The molecular weight excluding hydrogens is 422 g/mol. The van der Waals surface area contributed by atoms with Gasteiger partial charge in [0.15, 0.2) is 0 Å². The summed E-state index contributed by atoms with van der Waals surface area (Å²) in [6, 6.07) is 11.6. The molecule has 2 aliphatic rings. The van der Waals surface area contributed by atoms with E-state index < -0.39 is 0 Å². The van der Waals surface area contributed by atoms with E-state index >= 15 is 0 Å². The molecule has 33 heavy (non-hydrogen) atoms. The number of imide groups is 1. The second-order valence-electron chi connectivity index (χ2n) is 8.69. The third-order valence-corrected chi connectivity index (χ3v) is 5.96. The molecule has 1 saturated heterocycles. The van der Waals surface area contributed by atoms with Gasteiger partial charge in [-0.25, -0.2) is 0 Å². The first-order chi connectivity index (χ1) is 15.8. The molecule has 0 unspecified atom stereocenters. The maximum Gasteiger partial charge on any atom is 0.261 e. The fourth-order valence-corrected chi connectivity index (χ4v) is 4.17. The first-order valence-electron chi connectivity index (χ1n) is 11.0. The smallest absolute Gasteiger partial charge is 0.261 e. The lowest BCUT2D eigenvalue weighted by molar-refractivity contribution is 0.0535. The van der Waals surface area contributed by atoms with E-state index in [1.807, 2.05) is 13.8 Å². The number of amides is 4. The number of benzene rings is 2. The van der Waals surface area contributed by atoms with Crippen LogP contribution in [-0.4, -0.2) is 78.2 Å². The molecular formula is C25H27N3O5. The van der Waals surface area contributed by atoms with Crippen molar-refractivity contribution in [2.24, 2.45) is 5.92 Å². The molecule has 0 bridgehead atoms. The maximum absolute atomic E-state index is 13.1. The van der Waals surface area contributed by atoms with Gasteiger partial charge in [-0.3, -0.25) is 24.1 Å². The van der Waals surface area contributed by atoms with Gasteiger partial charge < -0.3 is 14.5 Å². The van der Waals surface area contributed by atoms with Crippen molar-refractivity contribution in [2.45, 2.75) is 13.8 Å². The summed E-state index contributed by atoms with van der Waals surface area (Å²) < 4.78 is 5.13. The van der Waals surface area contributed by atoms with Crippen LogP contribution in [0.15, 0.2) is 42.5 Å². The van der Waals surface area contributed by atoms with Gasteiger partial charge in [-0.2, -0.15) is 0 Å². The van der Waals surface area contributed by atoms with Crippen molar-refractivity contribution in [1.82, 2.24) is 14.7 Å². The number of hydrogen-bond acceptors (Lipinski definition) is 5. The Morgan fingerprint density at radius 3 is 1.88 bits per heavy atom. The summed E-state index contributed by atoms with van der Waals surface area (Å²) in [7, 11) is 1.57. The Morgan fingerprint density at radius 1 is 0.818 bits per heavy atom. The summed E-state index contributed by atoms with van der Waals surface area (Å²) in [5, 5.41) is 0. The molecule has 4 amide bonds. The van der Waals surface area contributed by atoms with Gasteiger partial charge in [-0.05, 0) is 48.4 Å². The molecule has 2 heterocycles. The Morgan fingerprint density at radius 2 is 1.33 bits per heavy atom. The van der Waals surface area contributed by atoms with Crippen LogP contribution in [-0.2, 0) is 0 Å². The number of carbonyl (C=O) groups excluding carboxylic acids is 4. The Bertz CT molecular complexity index is 1100. The average molecular weight is 450 g/mol. The number of fused-ring (bicyclic) bond motifs is 1. The molecule has 2 aromatic rings. The molecule has 0 saturated carbocycles. The van der Waals surface area contributed by atoms with Crippen LogP contribution in [0.3, 0.4) is 0 Å². The Kier molecular flexibility index (Phi) is 6.18. The van der Waals surface area contributed by atoms with Crippen LogP contribution < -0.4 is 4.74 Å². The lowest BCUT2D eigenvalue weighted by Crippen LogP contribution is -2.50. The van der Waals surface area contributed by atoms with Gasteiger partial charge in [-0.1, -0.05) is 13.8 Å². The number of methoxy groups -OCH3 is 1. The summed E-state index contributed by atoms with van der Waals surface area (Å²) in [6.07, 6.45) is 0. The number of piperazine rings is 1. The fraction of sp³-hybridized carbons (Fsp3) is 0.360. The largest absolute Gasteiger partial charge is 0.497 e. The first kappa shape index (κ1) is 22.5. The summed E-state index contributed by atoms with van der Waals surface area (Å²) in [4.78, 5) is 55.7. The standard InChI is InChI=1S/C25H27N3O5/c1-16(2)15-28-24(31)20-9-6-18(14-21(20)25(28)32)23(30)27-12-10-26(11-13-27)22(29)17-4-7-19(33-3)8-5-17/h4-9,14,16H,10-13,15H2,1-3H3. The number of rotatable bonds is 5. The second-order valence-corrected chi connectivity index (χ2v) is 8.69. The summed E-state index contributed by atoms with van der Waals surface area (Å²) >= 11 is 0. The van der Waals surface area contributed by atoms with Crippen LogP contribution in [0.2, 0.25) is 0 Å². The molecule has 0 atom stereocenters. The predicted molar refractivity (Wildman–Crippen MR) is 121 cm³/mol. The van der Waals surface area contributed by atoms with Crippen molar-refractivity contribution in [3.63, 3.8) is 0 Å². The van der Waals surface area contributed by atoms with Crippen molar-refractivity contribution >= 4 is 23.6 Å². The quantitative estimate of drug-likeness (QED) is 0.655. The van der Waals surface area contributed by atoms with Crippen LogP contribution >= 0.6 is 0 Å². The van der Waals surface area contributed by atoms with E-state index in [2.05, 4.69) is 0 Å². The molecule has 172 valence electrons. The van der Waals surface area contributed by atoms with Crippen LogP contribution in [0.1, 0.15) is 55.3 Å². The lowest BCUT2D eigenvalue weighted by Gasteiger charge is -2.35. The number of hydrogen-bond donors (Lipinski definition) is 0. The van der Waals surface area contributed by atoms with E-state index in [0.29, 0.717) is 55.2 Å². The molecule has 0 N–H and O–H groups in total. The van der Waals surface area contributed by atoms with Gasteiger partial charge in [0.05, 0.1) is 18.2 Å². The van der Waals surface area contributed by atoms with Gasteiger partial charge >= 0.3 is 0 Å². The van der Waals surface area contributed by atoms with Gasteiger partial charge in [0, 0.05) is 43.9 Å². The van der Waals surface area contributed by atoms with E-state index in [4.69, 9.17) is 4.74 Å². The zero-order chi connectivity index (χ0) is 23.7. The Balaban J connectivity index is 1.41. The van der Waals surface area contributed by atoms with Crippen LogP contribution in [0.4, 0.5) is 0 Å². The maximum atomic E-state index is 13.1. The number of ether oxygens (including phenoxy) is 1. The molecule has 0 aliphatic carbocycles. The van der Waals surface area contributed by atoms with E-state index in [1.54, 1.807) is 53.3 Å². The number of carbonyl (C=O) groups is 4. The highest BCUT2D eigenvalue weighted by Gasteiger charge is 2.36. The van der Waals surface area contributed by atoms with Gasteiger partial charge in [0.2, 0.25) is 0 Å². The Labute approximate surface area is 192 Å². The van der Waals surface area contributed by atoms with Crippen molar-refractivity contribution in [1.29, 1.82) is 0 Å². The molecule has 8 heteroatoms. The van der Waals surface area contributed by atoms with Gasteiger partial charge in [0.25, 0.3) is 23.6 Å². The topological polar surface area (TPSA) is 87.2 Å². The highest BCUT2D eigenvalue weighted by atomic mass is 16.5. The zero-order valence-corrected chi connectivity index (χ0v) is 19.0. The minimum atomic E-state index is -0.353. The molecule has 2 aliphatic heterocycles. The molecule has 2 aromatic carbocycles. The molecule has 0 spiro atoms. The van der Waals surface area contributed by atoms with E-state index in [1.165, 1.54) is 11.0 Å². The second kappa shape index (κ2) is 9.05. The van der Waals surface area contributed by atoms with Crippen molar-refractivity contribution in [3.8, 4) is 5.75 Å². The van der Waals surface area contributed by atoms with Gasteiger partial charge in [-0.15, -0.1) is 0 Å².